The van der Waals surface area contributed by atoms with Gasteiger partial charge in [0.2, 0.25) is 5.95 Å². The summed E-state index contributed by atoms with van der Waals surface area (Å²) in [5, 5.41) is 10.6. The van der Waals surface area contributed by atoms with E-state index in [1.165, 1.54) is 36.0 Å². The van der Waals surface area contributed by atoms with Gasteiger partial charge in [-0.1, -0.05) is 25.1 Å². The monoisotopic (exact) mass is 476 g/mol. The third kappa shape index (κ3) is 4.72. The highest BCUT2D eigenvalue weighted by molar-refractivity contribution is 7.12. The summed E-state index contributed by atoms with van der Waals surface area (Å²) in [6, 6.07) is 8.35. The average molecular weight is 477 g/mol. The fourth-order valence-corrected chi connectivity index (χ4v) is 4.78. The number of anilines is 1. The highest BCUT2D eigenvalue weighted by Gasteiger charge is 2.31. The van der Waals surface area contributed by atoms with E-state index in [0.717, 1.165) is 16.9 Å². The van der Waals surface area contributed by atoms with Crippen LogP contribution in [0.2, 0.25) is 0 Å². The zero-order chi connectivity index (χ0) is 23.8. The molecule has 0 amide bonds. The van der Waals surface area contributed by atoms with Crippen LogP contribution in [0.25, 0.3) is 5.57 Å². The van der Waals surface area contributed by atoms with Crippen LogP contribution in [0.4, 0.5) is 19.1 Å². The van der Waals surface area contributed by atoms with E-state index >= 15 is 0 Å². The predicted octanol–water partition coefficient (Wildman–Crippen LogP) is 4.21. The molecule has 3 aromatic rings. The van der Waals surface area contributed by atoms with E-state index in [2.05, 4.69) is 9.97 Å². The second-order valence-electron chi connectivity index (χ2n) is 7.87. The van der Waals surface area contributed by atoms with Crippen LogP contribution in [0.1, 0.15) is 41.6 Å². The lowest BCUT2D eigenvalue weighted by Crippen LogP contribution is -2.40. The molecular formula is C23H23F3N4O2S. The molecule has 1 N–H and O–H groups in total. The third-order valence-electron chi connectivity index (χ3n) is 5.72. The molecule has 0 radical (unpaired) electrons. The SMILES string of the molecule is CCC(F)(F)c1ccc(C(C)n2cnc(N3CC=C(c4ccc(F)cc4)C(O)C3)nc2=O)s1. The van der Waals surface area contributed by atoms with Crippen molar-refractivity contribution in [3.8, 4) is 0 Å². The first-order valence-corrected chi connectivity index (χ1v) is 11.3. The highest BCUT2D eigenvalue weighted by Crippen LogP contribution is 2.38. The van der Waals surface area contributed by atoms with Crippen molar-refractivity contribution in [1.29, 1.82) is 0 Å². The normalized spacial score (nSPS) is 17.7. The Hall–Kier alpha value is -2.98. The van der Waals surface area contributed by atoms with Gasteiger partial charge in [-0.25, -0.2) is 22.9 Å². The largest absolute Gasteiger partial charge is 0.387 e. The lowest BCUT2D eigenvalue weighted by Gasteiger charge is -2.30. The van der Waals surface area contributed by atoms with E-state index in [-0.39, 0.29) is 29.6 Å². The van der Waals surface area contributed by atoms with Crippen LogP contribution in [0.5, 0.6) is 0 Å². The Morgan fingerprint density at radius 2 is 1.97 bits per heavy atom. The molecule has 0 aliphatic carbocycles. The quantitative estimate of drug-likeness (QED) is 0.577. The van der Waals surface area contributed by atoms with E-state index < -0.39 is 23.8 Å². The molecule has 2 aromatic heterocycles. The highest BCUT2D eigenvalue weighted by atomic mass is 32.1. The van der Waals surface area contributed by atoms with Gasteiger partial charge in [-0.05, 0) is 42.3 Å². The maximum absolute atomic E-state index is 14.0. The Morgan fingerprint density at radius 3 is 2.61 bits per heavy atom. The summed E-state index contributed by atoms with van der Waals surface area (Å²) in [6.45, 7) is 3.69. The second-order valence-corrected chi connectivity index (χ2v) is 8.98. The molecule has 0 saturated heterocycles. The van der Waals surface area contributed by atoms with Crippen LogP contribution in [0.3, 0.4) is 0 Å². The predicted molar refractivity (Wildman–Crippen MR) is 121 cm³/mol. The van der Waals surface area contributed by atoms with E-state index in [4.69, 9.17) is 0 Å². The number of hydrogen-bond acceptors (Lipinski definition) is 6. The summed E-state index contributed by atoms with van der Waals surface area (Å²) in [5.74, 6) is -3.09. The molecule has 2 unspecified atom stereocenters. The number of aromatic nitrogens is 3. The number of rotatable bonds is 6. The van der Waals surface area contributed by atoms with Crippen LogP contribution < -0.4 is 10.6 Å². The molecular weight excluding hydrogens is 453 g/mol. The number of aliphatic hydroxyl groups excluding tert-OH is 1. The zero-order valence-corrected chi connectivity index (χ0v) is 18.9. The van der Waals surface area contributed by atoms with E-state index in [1.54, 1.807) is 36.1 Å². The van der Waals surface area contributed by atoms with Crippen molar-refractivity contribution in [2.75, 3.05) is 18.0 Å². The maximum Gasteiger partial charge on any atom is 0.352 e. The molecule has 1 aliphatic rings. The molecule has 6 nitrogen and oxygen atoms in total. The fourth-order valence-electron chi connectivity index (χ4n) is 3.68. The Kier molecular flexibility index (Phi) is 6.40. The van der Waals surface area contributed by atoms with Crippen molar-refractivity contribution >= 4 is 22.9 Å². The molecule has 0 saturated carbocycles. The van der Waals surface area contributed by atoms with Crippen molar-refractivity contribution in [3.05, 3.63) is 80.4 Å². The lowest BCUT2D eigenvalue weighted by molar-refractivity contribution is -0.00440. The van der Waals surface area contributed by atoms with Gasteiger partial charge in [0.25, 0.3) is 5.92 Å². The summed E-state index contributed by atoms with van der Waals surface area (Å²) in [4.78, 5) is 23.2. The molecule has 10 heteroatoms. The minimum Gasteiger partial charge on any atom is -0.387 e. The number of thiophene rings is 1. The first kappa shape index (κ1) is 23.2. The van der Waals surface area contributed by atoms with Gasteiger partial charge in [0.1, 0.15) is 12.1 Å². The molecule has 33 heavy (non-hydrogen) atoms. The van der Waals surface area contributed by atoms with E-state index in [1.807, 2.05) is 0 Å². The van der Waals surface area contributed by atoms with Crippen molar-refractivity contribution in [1.82, 2.24) is 14.5 Å². The van der Waals surface area contributed by atoms with E-state index in [0.29, 0.717) is 17.0 Å². The van der Waals surface area contributed by atoms with Crippen molar-refractivity contribution in [2.45, 2.75) is 38.3 Å². The number of benzene rings is 1. The summed E-state index contributed by atoms with van der Waals surface area (Å²) < 4.78 is 42.4. The molecule has 2 atom stereocenters. The minimum absolute atomic E-state index is 0.0384. The molecule has 0 bridgehead atoms. The minimum atomic E-state index is -2.90. The fraction of sp³-hybridized carbons (Fsp3) is 0.348. The van der Waals surface area contributed by atoms with Gasteiger partial charge in [-0.15, -0.1) is 11.3 Å². The molecule has 4 rings (SSSR count). The van der Waals surface area contributed by atoms with Crippen LogP contribution in [0, 0.1) is 5.82 Å². The molecule has 3 heterocycles. The number of halogens is 3. The molecule has 174 valence electrons. The first-order chi connectivity index (χ1) is 15.7. The van der Waals surface area contributed by atoms with Crippen LogP contribution in [0.15, 0.2) is 53.6 Å². The van der Waals surface area contributed by atoms with Crippen LogP contribution in [-0.4, -0.2) is 38.8 Å². The van der Waals surface area contributed by atoms with Gasteiger partial charge in [0.15, 0.2) is 0 Å². The van der Waals surface area contributed by atoms with Crippen LogP contribution in [-0.2, 0) is 5.92 Å². The van der Waals surface area contributed by atoms with Crippen molar-refractivity contribution in [2.24, 2.45) is 0 Å². The number of nitrogens with zero attached hydrogens (tertiary/aromatic N) is 4. The van der Waals surface area contributed by atoms with Gasteiger partial charge < -0.3 is 10.0 Å². The second kappa shape index (κ2) is 9.11. The molecule has 0 fully saturated rings. The third-order valence-corrected chi connectivity index (χ3v) is 7.09. The summed E-state index contributed by atoms with van der Waals surface area (Å²) in [5.41, 5.74) is 0.829. The average Bonchev–Trinajstić information content (AvgIpc) is 3.31. The number of aliphatic hydroxyl groups is 1. The molecule has 0 spiro atoms. The summed E-state index contributed by atoms with van der Waals surface area (Å²) in [6.07, 6.45) is 1.98. The Bertz CT molecular complexity index is 1220. The molecule has 1 aliphatic heterocycles. The van der Waals surface area contributed by atoms with Crippen molar-refractivity contribution < 1.29 is 18.3 Å². The summed E-state index contributed by atoms with van der Waals surface area (Å²) >= 11 is 0.968. The Balaban J connectivity index is 1.52. The number of hydrogen-bond donors (Lipinski definition) is 1. The lowest BCUT2D eigenvalue weighted by atomic mass is 9.97. The number of alkyl halides is 2. The Labute approximate surface area is 192 Å². The van der Waals surface area contributed by atoms with Crippen molar-refractivity contribution in [3.63, 3.8) is 0 Å². The van der Waals surface area contributed by atoms with Gasteiger partial charge in [-0.2, -0.15) is 4.98 Å². The van der Waals surface area contributed by atoms with Gasteiger partial charge in [0.05, 0.1) is 23.6 Å². The van der Waals surface area contributed by atoms with Gasteiger partial charge in [0, 0.05) is 17.8 Å². The smallest absolute Gasteiger partial charge is 0.352 e. The summed E-state index contributed by atoms with van der Waals surface area (Å²) in [7, 11) is 0. The van der Waals surface area contributed by atoms with E-state index in [9.17, 15) is 23.1 Å². The van der Waals surface area contributed by atoms with Crippen LogP contribution >= 0.6 is 11.3 Å². The first-order valence-electron chi connectivity index (χ1n) is 10.5. The zero-order valence-electron chi connectivity index (χ0n) is 18.1. The Morgan fingerprint density at radius 1 is 1.24 bits per heavy atom. The number of β-amino-alcohol motifs (C(OH)–C–C–N with tert-alkyl or cyclic N) is 1. The maximum atomic E-state index is 14.0. The van der Waals surface area contributed by atoms with Gasteiger partial charge >= 0.3 is 5.69 Å². The topological polar surface area (TPSA) is 71.2 Å². The standard InChI is InChI=1S/C23H23F3N4O2S/c1-3-23(25,26)20-9-8-19(33-20)14(2)30-13-27-21(28-22(30)32)29-11-10-17(18(31)12-29)15-4-6-16(24)7-5-15/h4-10,13-14,18,31H,3,11-12H2,1-2H3. The van der Waals surface area contributed by atoms with Gasteiger partial charge in [-0.3, -0.25) is 4.57 Å². The molecule has 1 aromatic carbocycles.